The molecule has 1 amide bonds. The van der Waals surface area contributed by atoms with E-state index < -0.39 is 20.7 Å². The molecule has 1 aromatic carbocycles. The maximum absolute atomic E-state index is 13.5. The van der Waals surface area contributed by atoms with Crippen molar-refractivity contribution in [1.29, 1.82) is 0 Å². The Morgan fingerprint density at radius 2 is 2.13 bits per heavy atom. The summed E-state index contributed by atoms with van der Waals surface area (Å²) in [7, 11) is -3.95. The molecular formula is C15H22FN3O3S. The van der Waals surface area contributed by atoms with Crippen LogP contribution < -0.4 is 10.5 Å². The molecule has 0 saturated carbocycles. The largest absolute Gasteiger partial charge is 0.342 e. The molecule has 1 atom stereocenters. The van der Waals surface area contributed by atoms with E-state index in [2.05, 4.69) is 4.72 Å². The van der Waals surface area contributed by atoms with Crippen molar-refractivity contribution in [3.8, 4) is 0 Å². The van der Waals surface area contributed by atoms with Gasteiger partial charge in [-0.15, -0.1) is 0 Å². The van der Waals surface area contributed by atoms with Crippen molar-refractivity contribution in [3.05, 3.63) is 30.1 Å². The van der Waals surface area contributed by atoms with E-state index in [1.165, 1.54) is 18.2 Å². The molecule has 0 radical (unpaired) electrons. The highest BCUT2D eigenvalue weighted by molar-refractivity contribution is 7.89. The summed E-state index contributed by atoms with van der Waals surface area (Å²) < 4.78 is 39.8. The van der Waals surface area contributed by atoms with E-state index in [1.807, 2.05) is 6.92 Å². The van der Waals surface area contributed by atoms with E-state index in [-0.39, 0.29) is 24.3 Å². The van der Waals surface area contributed by atoms with Crippen molar-refractivity contribution in [2.45, 2.75) is 24.7 Å². The predicted octanol–water partition coefficient (Wildman–Crippen LogP) is 0.691. The number of carbonyl (C=O) groups is 1. The Morgan fingerprint density at radius 1 is 1.43 bits per heavy atom. The first-order valence-electron chi connectivity index (χ1n) is 7.49. The molecular weight excluding hydrogens is 321 g/mol. The van der Waals surface area contributed by atoms with Crippen LogP contribution in [0.25, 0.3) is 0 Å². The normalized spacial score (nSPS) is 21.6. The van der Waals surface area contributed by atoms with E-state index in [9.17, 15) is 17.6 Å². The van der Waals surface area contributed by atoms with Crippen molar-refractivity contribution in [1.82, 2.24) is 9.62 Å². The van der Waals surface area contributed by atoms with Gasteiger partial charge in [-0.3, -0.25) is 4.79 Å². The zero-order valence-corrected chi connectivity index (χ0v) is 13.9. The fourth-order valence-electron chi connectivity index (χ4n) is 2.59. The smallest absolute Gasteiger partial charge is 0.243 e. The summed E-state index contributed by atoms with van der Waals surface area (Å²) in [6.07, 6.45) is 0.879. The van der Waals surface area contributed by atoms with Gasteiger partial charge in [-0.2, -0.15) is 0 Å². The molecule has 0 aromatic heterocycles. The van der Waals surface area contributed by atoms with Crippen LogP contribution in [0.4, 0.5) is 4.39 Å². The molecule has 0 bridgehead atoms. The minimum Gasteiger partial charge on any atom is -0.342 e. The van der Waals surface area contributed by atoms with Gasteiger partial charge >= 0.3 is 0 Å². The predicted molar refractivity (Wildman–Crippen MR) is 84.6 cm³/mol. The number of benzene rings is 1. The molecule has 1 saturated heterocycles. The van der Waals surface area contributed by atoms with Crippen LogP contribution in [-0.4, -0.2) is 45.4 Å². The number of sulfonamides is 1. The molecule has 6 nitrogen and oxygen atoms in total. The molecule has 8 heteroatoms. The van der Waals surface area contributed by atoms with Crippen LogP contribution in [0.3, 0.4) is 0 Å². The fourth-order valence-corrected chi connectivity index (χ4v) is 3.70. The highest BCUT2D eigenvalue weighted by Gasteiger charge is 2.34. The third-order valence-corrected chi connectivity index (χ3v) is 5.65. The zero-order chi connectivity index (χ0) is 17.1. The molecule has 1 aliphatic rings. The Morgan fingerprint density at radius 3 is 2.74 bits per heavy atom. The van der Waals surface area contributed by atoms with Gasteiger partial charge in [0.25, 0.3) is 0 Å². The summed E-state index contributed by atoms with van der Waals surface area (Å²) in [5, 5.41) is 0. The molecule has 0 aliphatic carbocycles. The number of nitrogens with one attached hydrogen (secondary N) is 1. The first-order valence-corrected chi connectivity index (χ1v) is 8.98. The number of likely N-dealkylation sites (tertiary alicyclic amines) is 1. The molecule has 1 aliphatic heterocycles. The van der Waals surface area contributed by atoms with Crippen molar-refractivity contribution in [2.75, 3.05) is 26.2 Å². The van der Waals surface area contributed by atoms with Gasteiger partial charge in [-0.25, -0.2) is 17.5 Å². The minimum absolute atomic E-state index is 0.0360. The number of rotatable bonds is 6. The number of hydrogen-bond donors (Lipinski definition) is 2. The lowest BCUT2D eigenvalue weighted by molar-refractivity contribution is -0.130. The van der Waals surface area contributed by atoms with Gasteiger partial charge in [-0.05, 0) is 30.5 Å². The van der Waals surface area contributed by atoms with Gasteiger partial charge < -0.3 is 10.6 Å². The van der Waals surface area contributed by atoms with Crippen LogP contribution in [0, 0.1) is 11.2 Å². The fraction of sp³-hybridized carbons (Fsp3) is 0.533. The summed E-state index contributed by atoms with van der Waals surface area (Å²) in [6.45, 7) is 3.69. The van der Waals surface area contributed by atoms with Gasteiger partial charge in [-0.1, -0.05) is 19.1 Å². The van der Waals surface area contributed by atoms with Crippen LogP contribution in [0.1, 0.15) is 19.8 Å². The highest BCUT2D eigenvalue weighted by atomic mass is 32.2. The quantitative estimate of drug-likeness (QED) is 0.795. The molecule has 128 valence electrons. The number of nitrogens with two attached hydrogens (primary N) is 1. The summed E-state index contributed by atoms with van der Waals surface area (Å²) in [6, 6.07) is 5.13. The van der Waals surface area contributed by atoms with E-state index in [4.69, 9.17) is 5.73 Å². The third kappa shape index (κ3) is 4.27. The minimum atomic E-state index is -3.95. The van der Waals surface area contributed by atoms with E-state index in [1.54, 1.807) is 4.90 Å². The number of nitrogens with zero attached hydrogens (tertiary/aromatic N) is 1. The summed E-state index contributed by atoms with van der Waals surface area (Å²) in [4.78, 5) is 13.4. The first-order chi connectivity index (χ1) is 10.8. The number of amides is 1. The lowest BCUT2D eigenvalue weighted by Crippen LogP contribution is -2.36. The Bertz CT molecular complexity index is 680. The lowest BCUT2D eigenvalue weighted by Gasteiger charge is -2.22. The standard InChI is InChI=1S/C15H22FN3O3S/c1-15(10-17)7-9-19(11-15)14(20)6-8-18-23(21,22)13-5-3-2-4-12(13)16/h2-5,18H,6-11,17H2,1H3. The molecule has 1 unspecified atom stereocenters. The van der Waals surface area contributed by atoms with Gasteiger partial charge in [0.05, 0.1) is 0 Å². The molecule has 3 N–H and O–H groups in total. The number of halogens is 1. The summed E-state index contributed by atoms with van der Waals surface area (Å²) >= 11 is 0. The molecule has 0 spiro atoms. The molecule has 2 rings (SSSR count). The average molecular weight is 343 g/mol. The molecule has 1 aromatic rings. The summed E-state index contributed by atoms with van der Waals surface area (Å²) in [5.41, 5.74) is 5.63. The average Bonchev–Trinajstić information content (AvgIpc) is 2.90. The molecule has 1 fully saturated rings. The van der Waals surface area contributed by atoms with Crippen LogP contribution in [0.2, 0.25) is 0 Å². The molecule has 23 heavy (non-hydrogen) atoms. The Kier molecular flexibility index (Phi) is 5.38. The van der Waals surface area contributed by atoms with Crippen molar-refractivity contribution >= 4 is 15.9 Å². The lowest BCUT2D eigenvalue weighted by atomic mass is 9.90. The Balaban J connectivity index is 1.88. The van der Waals surface area contributed by atoms with Crippen molar-refractivity contribution in [2.24, 2.45) is 11.1 Å². The Labute approximate surface area is 135 Å². The second-order valence-electron chi connectivity index (χ2n) is 6.16. The topological polar surface area (TPSA) is 92.5 Å². The SMILES string of the molecule is CC1(CN)CCN(C(=O)CCNS(=O)(=O)c2ccccc2F)C1. The number of carbonyl (C=O) groups excluding carboxylic acids is 1. The second-order valence-corrected chi connectivity index (χ2v) is 7.89. The molecule has 1 heterocycles. The Hall–Kier alpha value is -1.51. The van der Waals surface area contributed by atoms with E-state index in [0.717, 1.165) is 12.5 Å². The van der Waals surface area contributed by atoms with E-state index >= 15 is 0 Å². The van der Waals surface area contributed by atoms with Crippen LogP contribution in [0.5, 0.6) is 0 Å². The number of hydrogen-bond acceptors (Lipinski definition) is 4. The maximum atomic E-state index is 13.5. The first kappa shape index (κ1) is 17.8. The van der Waals surface area contributed by atoms with Crippen LogP contribution in [0.15, 0.2) is 29.2 Å². The van der Waals surface area contributed by atoms with Gasteiger partial charge in [0.1, 0.15) is 10.7 Å². The highest BCUT2D eigenvalue weighted by Crippen LogP contribution is 2.28. The summed E-state index contributed by atoms with van der Waals surface area (Å²) in [5.74, 6) is -0.942. The zero-order valence-electron chi connectivity index (χ0n) is 13.1. The third-order valence-electron chi connectivity index (χ3n) is 4.16. The van der Waals surface area contributed by atoms with Crippen LogP contribution >= 0.6 is 0 Å². The monoisotopic (exact) mass is 343 g/mol. The van der Waals surface area contributed by atoms with Gasteiger partial charge in [0.2, 0.25) is 15.9 Å². The maximum Gasteiger partial charge on any atom is 0.243 e. The van der Waals surface area contributed by atoms with Gasteiger partial charge in [0, 0.05) is 26.1 Å². The van der Waals surface area contributed by atoms with Crippen LogP contribution in [-0.2, 0) is 14.8 Å². The second kappa shape index (κ2) is 6.94. The van der Waals surface area contributed by atoms with Crippen molar-refractivity contribution in [3.63, 3.8) is 0 Å². The van der Waals surface area contributed by atoms with E-state index in [0.29, 0.717) is 19.6 Å². The van der Waals surface area contributed by atoms with Crippen molar-refractivity contribution < 1.29 is 17.6 Å². The van der Waals surface area contributed by atoms with Gasteiger partial charge in [0.15, 0.2) is 0 Å².